The lowest BCUT2D eigenvalue weighted by Gasteiger charge is -1.92. The average molecular weight is 243 g/mol. The van der Waals surface area contributed by atoms with Crippen LogP contribution in [0.4, 0.5) is 5.95 Å². The summed E-state index contributed by atoms with van der Waals surface area (Å²) in [5, 5.41) is 7.71. The van der Waals surface area contributed by atoms with Gasteiger partial charge in [0.2, 0.25) is 5.95 Å². The van der Waals surface area contributed by atoms with Crippen molar-refractivity contribution in [2.45, 2.75) is 5.33 Å². The lowest BCUT2D eigenvalue weighted by atomic mass is 10.6. The Morgan fingerprint density at radius 2 is 2.46 bits per heavy atom. The van der Waals surface area contributed by atoms with Gasteiger partial charge in [0.25, 0.3) is 0 Å². The molecule has 0 aromatic carbocycles. The van der Waals surface area contributed by atoms with Gasteiger partial charge in [0.05, 0.1) is 5.33 Å². The van der Waals surface area contributed by atoms with Crippen molar-refractivity contribution in [2.24, 2.45) is 0 Å². The molecule has 0 unspecified atom stereocenters. The predicted molar refractivity (Wildman–Crippen MR) is 57.7 cm³/mol. The molecule has 4 nitrogen and oxygen atoms in total. The molecule has 1 N–H and O–H groups in total. The quantitative estimate of drug-likeness (QED) is 0.648. The lowest BCUT2D eigenvalue weighted by molar-refractivity contribution is 0.886. The van der Waals surface area contributed by atoms with Gasteiger partial charge in [-0.15, -0.1) is 5.10 Å². The van der Waals surface area contributed by atoms with Crippen molar-refractivity contribution in [3.63, 3.8) is 0 Å². The summed E-state index contributed by atoms with van der Waals surface area (Å²) in [5.41, 5.74) is 0. The van der Waals surface area contributed by atoms with Crippen molar-refractivity contribution >= 4 is 28.1 Å². The molecule has 1 rings (SSSR count). The van der Waals surface area contributed by atoms with E-state index in [2.05, 4.69) is 37.9 Å². The zero-order valence-corrected chi connectivity index (χ0v) is 8.95. The van der Waals surface area contributed by atoms with Gasteiger partial charge in [-0.25, -0.2) is 4.68 Å². The minimum Gasteiger partial charge on any atom is -0.356 e. The summed E-state index contributed by atoms with van der Waals surface area (Å²) >= 11 is 3.33. The molecule has 0 bridgehead atoms. The van der Waals surface area contributed by atoms with Crippen LogP contribution in [0.2, 0.25) is 0 Å². The van der Waals surface area contributed by atoms with Gasteiger partial charge in [0, 0.05) is 13.2 Å². The highest BCUT2D eigenvalue weighted by molar-refractivity contribution is 9.08. The zero-order chi connectivity index (χ0) is 9.68. The highest BCUT2D eigenvalue weighted by Gasteiger charge is 2.03. The molecule has 0 spiro atoms. The standard InChI is InChI=1S/C8H11BrN4/c1-3-4-5-13-7(6-9)11-8(10-2)12-13/h3-5H,1,6H2,2H3,(H,10,12)/b5-4-. The summed E-state index contributed by atoms with van der Waals surface area (Å²) < 4.78 is 1.70. The van der Waals surface area contributed by atoms with E-state index in [1.165, 1.54) is 0 Å². The molecule has 0 amide bonds. The third-order valence-corrected chi connectivity index (χ3v) is 1.91. The number of alkyl halides is 1. The van der Waals surface area contributed by atoms with Crippen molar-refractivity contribution in [1.29, 1.82) is 0 Å². The van der Waals surface area contributed by atoms with Crippen LogP contribution in [0.25, 0.3) is 6.20 Å². The first-order chi connectivity index (χ1) is 6.31. The first-order valence-corrected chi connectivity index (χ1v) is 4.92. The van der Waals surface area contributed by atoms with Crippen molar-refractivity contribution in [1.82, 2.24) is 14.8 Å². The Hall–Kier alpha value is -1.10. The summed E-state index contributed by atoms with van der Waals surface area (Å²) in [6.45, 7) is 3.58. The van der Waals surface area contributed by atoms with Gasteiger partial charge in [0.1, 0.15) is 5.82 Å². The van der Waals surface area contributed by atoms with E-state index in [4.69, 9.17) is 0 Å². The van der Waals surface area contributed by atoms with Crippen LogP contribution >= 0.6 is 15.9 Å². The number of rotatable bonds is 4. The molecular formula is C8H11BrN4. The van der Waals surface area contributed by atoms with E-state index in [1.54, 1.807) is 30.1 Å². The molecule has 5 heteroatoms. The Labute approximate surface area is 85.5 Å². The maximum atomic E-state index is 4.21. The maximum absolute atomic E-state index is 4.21. The number of hydrogen-bond donors (Lipinski definition) is 1. The summed E-state index contributed by atoms with van der Waals surface area (Å²) in [6, 6.07) is 0. The van der Waals surface area contributed by atoms with E-state index in [0.717, 1.165) is 5.82 Å². The fourth-order valence-electron chi connectivity index (χ4n) is 0.814. The molecule has 0 atom stereocenters. The second-order valence-electron chi connectivity index (χ2n) is 2.26. The SMILES string of the molecule is C=C/C=C\n1nc(NC)nc1CBr. The van der Waals surface area contributed by atoms with Gasteiger partial charge >= 0.3 is 0 Å². The largest absolute Gasteiger partial charge is 0.356 e. The maximum Gasteiger partial charge on any atom is 0.242 e. The third-order valence-electron chi connectivity index (χ3n) is 1.41. The van der Waals surface area contributed by atoms with E-state index >= 15 is 0 Å². The van der Waals surface area contributed by atoms with Gasteiger partial charge < -0.3 is 5.32 Å². The van der Waals surface area contributed by atoms with Crippen LogP contribution in [0.1, 0.15) is 5.82 Å². The summed E-state index contributed by atoms with van der Waals surface area (Å²) in [7, 11) is 1.79. The summed E-state index contributed by atoms with van der Waals surface area (Å²) in [5.74, 6) is 1.46. The smallest absolute Gasteiger partial charge is 0.242 e. The van der Waals surface area contributed by atoms with E-state index in [1.807, 2.05) is 0 Å². The summed E-state index contributed by atoms with van der Waals surface area (Å²) in [6.07, 6.45) is 5.30. The van der Waals surface area contributed by atoms with Crippen LogP contribution < -0.4 is 5.32 Å². The molecule has 0 aliphatic heterocycles. The van der Waals surface area contributed by atoms with Crippen molar-refractivity contribution in [2.75, 3.05) is 12.4 Å². The number of anilines is 1. The molecule has 13 heavy (non-hydrogen) atoms. The Bertz CT molecular complexity index is 316. The topological polar surface area (TPSA) is 42.7 Å². The van der Waals surface area contributed by atoms with Crippen LogP contribution in [0, 0.1) is 0 Å². The molecule has 0 aliphatic carbocycles. The monoisotopic (exact) mass is 242 g/mol. The van der Waals surface area contributed by atoms with Crippen LogP contribution in [0.5, 0.6) is 0 Å². The number of nitrogens with one attached hydrogen (secondary N) is 1. The Kier molecular flexibility index (Phi) is 3.70. The molecule has 1 aromatic heterocycles. The van der Waals surface area contributed by atoms with Crippen molar-refractivity contribution < 1.29 is 0 Å². The van der Waals surface area contributed by atoms with Gasteiger partial charge in [-0.2, -0.15) is 4.98 Å². The average Bonchev–Trinajstić information content (AvgIpc) is 2.57. The van der Waals surface area contributed by atoms with Crippen LogP contribution in [-0.2, 0) is 5.33 Å². The second kappa shape index (κ2) is 4.81. The first kappa shape index (κ1) is 9.98. The summed E-state index contributed by atoms with van der Waals surface area (Å²) in [4.78, 5) is 4.21. The number of halogens is 1. The number of hydrogen-bond acceptors (Lipinski definition) is 3. The zero-order valence-electron chi connectivity index (χ0n) is 7.37. The predicted octanol–water partition coefficient (Wildman–Crippen LogP) is 1.87. The molecule has 1 heterocycles. The minimum absolute atomic E-state index is 0.614. The molecule has 1 aromatic rings. The van der Waals surface area contributed by atoms with E-state index in [-0.39, 0.29) is 0 Å². The van der Waals surface area contributed by atoms with Crippen molar-refractivity contribution in [3.05, 3.63) is 24.6 Å². The van der Waals surface area contributed by atoms with E-state index in [0.29, 0.717) is 11.3 Å². The minimum atomic E-state index is 0.614. The van der Waals surface area contributed by atoms with Gasteiger partial charge in [-0.3, -0.25) is 0 Å². The molecular weight excluding hydrogens is 232 g/mol. The number of nitrogens with zero attached hydrogens (tertiary/aromatic N) is 3. The Morgan fingerprint density at radius 3 is 3.00 bits per heavy atom. The number of allylic oxidation sites excluding steroid dienone is 2. The van der Waals surface area contributed by atoms with Crippen molar-refractivity contribution in [3.8, 4) is 0 Å². The fraction of sp³-hybridized carbons (Fsp3) is 0.250. The third kappa shape index (κ3) is 2.42. The van der Waals surface area contributed by atoms with Gasteiger partial charge in [-0.05, 0) is 6.08 Å². The molecule has 0 saturated heterocycles. The lowest BCUT2D eigenvalue weighted by Crippen LogP contribution is -1.94. The second-order valence-corrected chi connectivity index (χ2v) is 2.82. The van der Waals surface area contributed by atoms with Crippen LogP contribution in [-0.4, -0.2) is 21.8 Å². The van der Waals surface area contributed by atoms with E-state index in [9.17, 15) is 0 Å². The Morgan fingerprint density at radius 1 is 1.69 bits per heavy atom. The molecule has 0 saturated carbocycles. The normalized spacial score (nSPS) is 10.6. The van der Waals surface area contributed by atoms with Crippen LogP contribution in [0.3, 0.4) is 0 Å². The highest BCUT2D eigenvalue weighted by Crippen LogP contribution is 2.07. The Balaban J connectivity index is 2.96. The molecule has 70 valence electrons. The van der Waals surface area contributed by atoms with E-state index < -0.39 is 0 Å². The molecule has 0 fully saturated rings. The number of aromatic nitrogens is 3. The highest BCUT2D eigenvalue weighted by atomic mass is 79.9. The fourth-order valence-corrected chi connectivity index (χ4v) is 1.20. The van der Waals surface area contributed by atoms with Crippen LogP contribution in [0.15, 0.2) is 18.7 Å². The van der Waals surface area contributed by atoms with Gasteiger partial charge in [0.15, 0.2) is 0 Å². The first-order valence-electron chi connectivity index (χ1n) is 3.80. The van der Waals surface area contributed by atoms with Gasteiger partial charge in [-0.1, -0.05) is 28.6 Å². The molecule has 0 aliphatic rings. The molecule has 0 radical (unpaired) electrons.